The van der Waals surface area contributed by atoms with Gasteiger partial charge in [-0.15, -0.1) is 0 Å². The van der Waals surface area contributed by atoms with E-state index in [9.17, 15) is 0 Å². The van der Waals surface area contributed by atoms with Crippen molar-refractivity contribution >= 4 is 17.6 Å². The molecule has 0 atom stereocenters. The second-order valence-electron chi connectivity index (χ2n) is 7.16. The predicted molar refractivity (Wildman–Crippen MR) is 108 cm³/mol. The Bertz CT molecular complexity index is 821. The van der Waals surface area contributed by atoms with Gasteiger partial charge in [0.15, 0.2) is 0 Å². The highest BCUT2D eigenvalue weighted by atomic mass is 16.5. The summed E-state index contributed by atoms with van der Waals surface area (Å²) in [7, 11) is 2.12. The van der Waals surface area contributed by atoms with Crippen molar-refractivity contribution in [2.45, 2.75) is 18.9 Å². The number of nitriles is 1. The molecule has 0 radical (unpaired) electrons. The second-order valence-corrected chi connectivity index (χ2v) is 7.16. The number of morpholine rings is 1. The summed E-state index contributed by atoms with van der Waals surface area (Å²) in [6.07, 6.45) is 5.56. The number of ether oxygens (including phenoxy) is 1. The van der Waals surface area contributed by atoms with E-state index in [-0.39, 0.29) is 0 Å². The van der Waals surface area contributed by atoms with Crippen molar-refractivity contribution in [1.82, 2.24) is 15.0 Å². The highest BCUT2D eigenvalue weighted by Gasteiger charge is 2.25. The maximum atomic E-state index is 8.92. The first-order chi connectivity index (χ1) is 13.7. The molecule has 0 aromatic carbocycles. The first-order valence-electron chi connectivity index (χ1n) is 9.74. The summed E-state index contributed by atoms with van der Waals surface area (Å²) >= 11 is 0. The van der Waals surface area contributed by atoms with Crippen LogP contribution in [-0.2, 0) is 4.74 Å². The summed E-state index contributed by atoms with van der Waals surface area (Å²) in [4.78, 5) is 20.4. The lowest BCUT2D eigenvalue weighted by atomic mass is 10.0. The number of hydrogen-bond donors (Lipinski definition) is 0. The highest BCUT2D eigenvalue weighted by Crippen LogP contribution is 2.24. The standard InChI is InChI=1S/C20H25N7O/c1-25(19-4-7-22-20(24-19)27-10-12-28-13-11-27)17-5-8-26(9-6-17)18-3-2-16(14-21)15-23-18/h2-4,7,15,17H,5-6,8-13H2,1H3. The average molecular weight is 379 g/mol. The SMILES string of the molecule is CN(c1ccnc(N2CCOCC2)n1)C1CCN(c2ccc(C#N)cn2)CC1. The summed E-state index contributed by atoms with van der Waals surface area (Å²) < 4.78 is 5.42. The molecule has 4 rings (SSSR count). The van der Waals surface area contributed by atoms with Crippen LogP contribution in [0.2, 0.25) is 0 Å². The Morgan fingerprint density at radius 1 is 1.07 bits per heavy atom. The molecule has 0 N–H and O–H groups in total. The molecule has 2 aliphatic heterocycles. The Hall–Kier alpha value is -2.92. The molecule has 2 saturated heterocycles. The number of nitrogens with zero attached hydrogens (tertiary/aromatic N) is 7. The van der Waals surface area contributed by atoms with Crippen molar-refractivity contribution in [3.05, 3.63) is 36.2 Å². The normalized spacial score (nSPS) is 18.0. The molecule has 0 aliphatic carbocycles. The van der Waals surface area contributed by atoms with E-state index < -0.39 is 0 Å². The second kappa shape index (κ2) is 8.40. The van der Waals surface area contributed by atoms with E-state index in [2.05, 4.69) is 37.8 Å². The number of pyridine rings is 1. The van der Waals surface area contributed by atoms with Gasteiger partial charge in [0, 0.05) is 51.7 Å². The first-order valence-corrected chi connectivity index (χ1v) is 9.74. The zero-order chi connectivity index (χ0) is 19.3. The minimum absolute atomic E-state index is 0.432. The summed E-state index contributed by atoms with van der Waals surface area (Å²) in [5.41, 5.74) is 0.596. The Labute approximate surface area is 165 Å². The van der Waals surface area contributed by atoms with Crippen molar-refractivity contribution < 1.29 is 4.74 Å². The molecule has 0 saturated carbocycles. The Balaban J connectivity index is 1.38. The monoisotopic (exact) mass is 379 g/mol. The van der Waals surface area contributed by atoms with E-state index in [1.807, 2.05) is 24.4 Å². The van der Waals surface area contributed by atoms with Gasteiger partial charge in [-0.2, -0.15) is 10.2 Å². The molecule has 4 heterocycles. The summed E-state index contributed by atoms with van der Waals surface area (Å²) in [6.45, 7) is 5.01. The molecule has 0 unspecified atom stereocenters. The van der Waals surface area contributed by atoms with Crippen LogP contribution in [0.5, 0.6) is 0 Å². The fraction of sp³-hybridized carbons (Fsp3) is 0.500. The molecule has 0 amide bonds. The minimum Gasteiger partial charge on any atom is -0.378 e. The van der Waals surface area contributed by atoms with Crippen molar-refractivity contribution in [2.75, 3.05) is 61.1 Å². The van der Waals surface area contributed by atoms with Crippen molar-refractivity contribution in [1.29, 1.82) is 5.26 Å². The van der Waals surface area contributed by atoms with Gasteiger partial charge in [-0.05, 0) is 31.0 Å². The third-order valence-corrected chi connectivity index (χ3v) is 5.50. The van der Waals surface area contributed by atoms with Crippen LogP contribution in [0.15, 0.2) is 30.6 Å². The number of aromatic nitrogens is 3. The van der Waals surface area contributed by atoms with Crippen molar-refractivity contribution in [3.63, 3.8) is 0 Å². The van der Waals surface area contributed by atoms with Crippen LogP contribution in [0.1, 0.15) is 18.4 Å². The lowest BCUT2D eigenvalue weighted by Crippen LogP contribution is -2.44. The molecule has 2 aromatic rings. The van der Waals surface area contributed by atoms with E-state index >= 15 is 0 Å². The van der Waals surface area contributed by atoms with Gasteiger partial charge in [0.05, 0.1) is 18.8 Å². The van der Waals surface area contributed by atoms with Gasteiger partial charge in [0.2, 0.25) is 5.95 Å². The summed E-state index contributed by atoms with van der Waals surface area (Å²) in [5.74, 6) is 2.69. The fourth-order valence-corrected chi connectivity index (χ4v) is 3.76. The molecule has 2 fully saturated rings. The largest absolute Gasteiger partial charge is 0.378 e. The van der Waals surface area contributed by atoms with Crippen LogP contribution in [0.25, 0.3) is 0 Å². The fourth-order valence-electron chi connectivity index (χ4n) is 3.76. The van der Waals surface area contributed by atoms with E-state index in [0.717, 1.165) is 69.8 Å². The number of piperidine rings is 1. The molecule has 8 heteroatoms. The quantitative estimate of drug-likeness (QED) is 0.794. The zero-order valence-corrected chi connectivity index (χ0v) is 16.2. The van der Waals surface area contributed by atoms with E-state index in [1.165, 1.54) is 0 Å². The Morgan fingerprint density at radius 3 is 2.54 bits per heavy atom. The maximum Gasteiger partial charge on any atom is 0.227 e. The van der Waals surface area contributed by atoms with E-state index in [4.69, 9.17) is 15.0 Å². The van der Waals surface area contributed by atoms with E-state index in [0.29, 0.717) is 11.6 Å². The average Bonchev–Trinajstić information content (AvgIpc) is 2.79. The van der Waals surface area contributed by atoms with Gasteiger partial charge in [-0.25, -0.2) is 9.97 Å². The summed E-state index contributed by atoms with van der Waals surface area (Å²) in [6, 6.07) is 8.29. The van der Waals surface area contributed by atoms with Crippen LogP contribution in [-0.4, -0.2) is 67.4 Å². The van der Waals surface area contributed by atoms with Gasteiger partial charge < -0.3 is 19.4 Å². The van der Waals surface area contributed by atoms with Gasteiger partial charge in [0.1, 0.15) is 17.7 Å². The zero-order valence-electron chi connectivity index (χ0n) is 16.2. The van der Waals surface area contributed by atoms with E-state index in [1.54, 1.807) is 6.20 Å². The Morgan fingerprint density at radius 2 is 1.86 bits per heavy atom. The van der Waals surface area contributed by atoms with Crippen molar-refractivity contribution in [2.24, 2.45) is 0 Å². The van der Waals surface area contributed by atoms with Crippen LogP contribution in [0, 0.1) is 11.3 Å². The molecule has 0 spiro atoms. The van der Waals surface area contributed by atoms with Crippen LogP contribution in [0.4, 0.5) is 17.6 Å². The highest BCUT2D eigenvalue weighted by molar-refractivity contribution is 5.46. The first kappa shape index (κ1) is 18.4. The van der Waals surface area contributed by atoms with Gasteiger partial charge in [-0.3, -0.25) is 0 Å². The number of rotatable bonds is 4. The van der Waals surface area contributed by atoms with Gasteiger partial charge in [0.25, 0.3) is 0 Å². The molecular formula is C20H25N7O. The van der Waals surface area contributed by atoms with Crippen LogP contribution >= 0.6 is 0 Å². The molecule has 2 aromatic heterocycles. The topological polar surface area (TPSA) is 81.4 Å². The molecule has 0 bridgehead atoms. The van der Waals surface area contributed by atoms with Gasteiger partial charge in [-0.1, -0.05) is 0 Å². The molecule has 2 aliphatic rings. The van der Waals surface area contributed by atoms with Crippen LogP contribution < -0.4 is 14.7 Å². The predicted octanol–water partition coefficient (Wildman–Crippen LogP) is 1.69. The van der Waals surface area contributed by atoms with Crippen molar-refractivity contribution in [3.8, 4) is 6.07 Å². The number of hydrogen-bond acceptors (Lipinski definition) is 8. The molecule has 146 valence electrons. The third kappa shape index (κ3) is 3.99. The minimum atomic E-state index is 0.432. The molecule has 28 heavy (non-hydrogen) atoms. The molecular weight excluding hydrogens is 354 g/mol. The Kier molecular flexibility index (Phi) is 5.53. The van der Waals surface area contributed by atoms with Gasteiger partial charge >= 0.3 is 0 Å². The lowest BCUT2D eigenvalue weighted by Gasteiger charge is -2.38. The third-order valence-electron chi connectivity index (χ3n) is 5.50. The number of anilines is 3. The maximum absolute atomic E-state index is 8.92. The molecule has 8 nitrogen and oxygen atoms in total. The smallest absolute Gasteiger partial charge is 0.227 e. The summed E-state index contributed by atoms with van der Waals surface area (Å²) in [5, 5.41) is 8.92. The lowest BCUT2D eigenvalue weighted by molar-refractivity contribution is 0.122. The van der Waals surface area contributed by atoms with Crippen LogP contribution in [0.3, 0.4) is 0 Å².